The Morgan fingerprint density at radius 2 is 1.67 bits per heavy atom. The molecule has 1 aliphatic rings. The summed E-state index contributed by atoms with van der Waals surface area (Å²) in [4.78, 5) is 0. The maximum atomic E-state index is 10.7. The summed E-state index contributed by atoms with van der Waals surface area (Å²) in [5.41, 5.74) is 2.52. The van der Waals surface area contributed by atoms with Crippen molar-refractivity contribution in [2.24, 2.45) is 0 Å². The number of benzene rings is 2. The highest BCUT2D eigenvalue weighted by Gasteiger charge is 2.33. The van der Waals surface area contributed by atoms with Crippen molar-refractivity contribution >= 4 is 0 Å². The Kier molecular flexibility index (Phi) is 4.53. The van der Waals surface area contributed by atoms with Crippen LogP contribution in [0.5, 0.6) is 23.0 Å². The molecule has 0 fully saturated rings. The smallest absolute Gasteiger partial charge is 0.136 e. The molecule has 0 aromatic heterocycles. The Balaban J connectivity index is 2.02. The summed E-state index contributed by atoms with van der Waals surface area (Å²) in [6, 6.07) is 9.47. The molecule has 1 N–H and O–H groups in total. The zero-order chi connectivity index (χ0) is 17.3. The van der Waals surface area contributed by atoms with Crippen LogP contribution >= 0.6 is 0 Å². The molecule has 1 heterocycles. The molecule has 2 aromatic rings. The van der Waals surface area contributed by atoms with Crippen molar-refractivity contribution in [3.8, 4) is 23.0 Å². The van der Waals surface area contributed by atoms with E-state index in [1.54, 1.807) is 27.4 Å². The minimum atomic E-state index is -0.666. The van der Waals surface area contributed by atoms with Crippen LogP contribution in [0.15, 0.2) is 30.3 Å². The van der Waals surface area contributed by atoms with E-state index in [-0.39, 0.29) is 6.10 Å². The second kappa shape index (κ2) is 6.61. The van der Waals surface area contributed by atoms with Gasteiger partial charge in [-0.15, -0.1) is 0 Å². The van der Waals surface area contributed by atoms with Crippen LogP contribution in [0.2, 0.25) is 0 Å². The van der Waals surface area contributed by atoms with Gasteiger partial charge in [0, 0.05) is 18.1 Å². The minimum absolute atomic E-state index is 0.242. The molecular weight excluding hydrogens is 308 g/mol. The van der Waals surface area contributed by atoms with Crippen LogP contribution in [0.1, 0.15) is 35.3 Å². The largest absolute Gasteiger partial charge is 0.497 e. The molecular formula is C19H22O5. The molecule has 0 spiro atoms. The van der Waals surface area contributed by atoms with Gasteiger partial charge in [-0.25, -0.2) is 0 Å². The van der Waals surface area contributed by atoms with Gasteiger partial charge < -0.3 is 24.1 Å². The molecule has 5 heteroatoms. The molecule has 0 amide bonds. The number of rotatable bonds is 4. The van der Waals surface area contributed by atoms with Gasteiger partial charge in [0.15, 0.2) is 0 Å². The van der Waals surface area contributed by atoms with Gasteiger partial charge in [0.2, 0.25) is 0 Å². The Morgan fingerprint density at radius 1 is 1.00 bits per heavy atom. The van der Waals surface area contributed by atoms with E-state index >= 15 is 0 Å². The summed E-state index contributed by atoms with van der Waals surface area (Å²) in [6.45, 7) is 1.92. The first kappa shape index (κ1) is 16.5. The average Bonchev–Trinajstić information content (AvgIpc) is 2.62. The van der Waals surface area contributed by atoms with Gasteiger partial charge in [0.05, 0.1) is 33.0 Å². The maximum absolute atomic E-state index is 10.7. The SMILES string of the molecule is COc1ccc([C@H]2C[C@@H](O)c3c(OC)cc(OC)c(C)c3O2)cc1. The van der Waals surface area contributed by atoms with Gasteiger partial charge in [-0.05, 0) is 24.6 Å². The Hall–Kier alpha value is -2.40. The summed E-state index contributed by atoms with van der Waals surface area (Å²) >= 11 is 0. The molecule has 0 saturated heterocycles. The van der Waals surface area contributed by atoms with E-state index in [4.69, 9.17) is 18.9 Å². The van der Waals surface area contributed by atoms with Gasteiger partial charge >= 0.3 is 0 Å². The van der Waals surface area contributed by atoms with Crippen LogP contribution in [0.3, 0.4) is 0 Å². The third-order valence-corrected chi connectivity index (χ3v) is 4.44. The molecule has 3 rings (SSSR count). The van der Waals surface area contributed by atoms with Crippen molar-refractivity contribution in [2.45, 2.75) is 25.6 Å². The highest BCUT2D eigenvalue weighted by molar-refractivity contribution is 5.58. The topological polar surface area (TPSA) is 57.2 Å². The van der Waals surface area contributed by atoms with Crippen LogP contribution < -0.4 is 18.9 Å². The number of hydrogen-bond donors (Lipinski definition) is 1. The summed E-state index contributed by atoms with van der Waals surface area (Å²) in [5, 5.41) is 10.7. The van der Waals surface area contributed by atoms with Crippen molar-refractivity contribution in [3.63, 3.8) is 0 Å². The predicted molar refractivity (Wildman–Crippen MR) is 90.2 cm³/mol. The van der Waals surface area contributed by atoms with Gasteiger partial charge in [-0.3, -0.25) is 0 Å². The lowest BCUT2D eigenvalue weighted by atomic mass is 9.92. The van der Waals surface area contributed by atoms with Crippen molar-refractivity contribution in [2.75, 3.05) is 21.3 Å². The molecule has 2 atom stereocenters. The number of hydrogen-bond acceptors (Lipinski definition) is 5. The standard InChI is InChI=1S/C19H22O5/c1-11-15(22-3)10-17(23-4)18-14(20)9-16(24-19(11)18)12-5-7-13(21-2)8-6-12/h5-8,10,14,16,20H,9H2,1-4H3/t14-,16-/m1/s1. The van der Waals surface area contributed by atoms with Crippen molar-refractivity contribution in [1.82, 2.24) is 0 Å². The third-order valence-electron chi connectivity index (χ3n) is 4.44. The van der Waals surface area contributed by atoms with Crippen LogP contribution in [0, 0.1) is 6.92 Å². The predicted octanol–water partition coefficient (Wildman–Crippen LogP) is 3.58. The van der Waals surface area contributed by atoms with E-state index < -0.39 is 6.10 Å². The van der Waals surface area contributed by atoms with Crippen molar-refractivity contribution in [3.05, 3.63) is 47.0 Å². The lowest BCUT2D eigenvalue weighted by molar-refractivity contribution is 0.0623. The molecule has 0 radical (unpaired) electrons. The van der Waals surface area contributed by atoms with Gasteiger partial charge in [-0.1, -0.05) is 12.1 Å². The molecule has 0 saturated carbocycles. The van der Waals surface area contributed by atoms with E-state index in [0.717, 1.165) is 16.9 Å². The highest BCUT2D eigenvalue weighted by Crippen LogP contribution is 2.49. The molecule has 2 aromatic carbocycles. The number of aliphatic hydroxyl groups is 1. The van der Waals surface area contributed by atoms with E-state index in [2.05, 4.69) is 0 Å². The van der Waals surface area contributed by atoms with E-state index in [1.165, 1.54) is 0 Å². The zero-order valence-corrected chi connectivity index (χ0v) is 14.3. The van der Waals surface area contributed by atoms with Gasteiger partial charge in [-0.2, -0.15) is 0 Å². The monoisotopic (exact) mass is 330 g/mol. The zero-order valence-electron chi connectivity index (χ0n) is 14.3. The minimum Gasteiger partial charge on any atom is -0.497 e. The first-order valence-corrected chi connectivity index (χ1v) is 7.83. The number of fused-ring (bicyclic) bond motifs is 1. The lowest BCUT2D eigenvalue weighted by Crippen LogP contribution is -2.20. The van der Waals surface area contributed by atoms with Crippen molar-refractivity contribution in [1.29, 1.82) is 0 Å². The molecule has 0 bridgehead atoms. The summed E-state index contributed by atoms with van der Waals surface area (Å²) in [7, 11) is 4.81. The van der Waals surface area contributed by atoms with Gasteiger partial charge in [0.25, 0.3) is 0 Å². The van der Waals surface area contributed by atoms with E-state index in [1.807, 2.05) is 31.2 Å². The lowest BCUT2D eigenvalue weighted by Gasteiger charge is -2.32. The summed E-state index contributed by atoms with van der Waals surface area (Å²) in [5.74, 6) is 2.67. The first-order valence-electron chi connectivity index (χ1n) is 7.83. The number of ether oxygens (including phenoxy) is 4. The van der Waals surface area contributed by atoms with Crippen LogP contribution in [-0.2, 0) is 0 Å². The Labute approximate surface area is 141 Å². The summed E-state index contributed by atoms with van der Waals surface area (Å²) in [6.07, 6.45) is -0.448. The fourth-order valence-corrected chi connectivity index (χ4v) is 3.11. The van der Waals surface area contributed by atoms with Crippen LogP contribution in [0.25, 0.3) is 0 Å². The second-order valence-electron chi connectivity index (χ2n) is 5.78. The number of aliphatic hydroxyl groups excluding tert-OH is 1. The van der Waals surface area contributed by atoms with Crippen LogP contribution in [-0.4, -0.2) is 26.4 Å². The van der Waals surface area contributed by atoms with Crippen LogP contribution in [0.4, 0.5) is 0 Å². The Bertz CT molecular complexity index is 724. The maximum Gasteiger partial charge on any atom is 0.136 e. The van der Waals surface area contributed by atoms with Gasteiger partial charge in [0.1, 0.15) is 29.1 Å². The van der Waals surface area contributed by atoms with E-state index in [9.17, 15) is 5.11 Å². The third kappa shape index (κ3) is 2.76. The normalized spacial score (nSPS) is 19.2. The second-order valence-corrected chi connectivity index (χ2v) is 5.78. The number of methoxy groups -OCH3 is 3. The van der Waals surface area contributed by atoms with Crippen molar-refractivity contribution < 1.29 is 24.1 Å². The first-order chi connectivity index (χ1) is 11.6. The quantitative estimate of drug-likeness (QED) is 0.928. The fourth-order valence-electron chi connectivity index (χ4n) is 3.11. The molecule has 1 aliphatic heterocycles. The van der Waals surface area contributed by atoms with E-state index in [0.29, 0.717) is 29.2 Å². The molecule has 0 aliphatic carbocycles. The summed E-state index contributed by atoms with van der Waals surface area (Å²) < 4.78 is 22.2. The molecule has 5 nitrogen and oxygen atoms in total. The fraction of sp³-hybridized carbons (Fsp3) is 0.368. The highest BCUT2D eigenvalue weighted by atomic mass is 16.5. The molecule has 128 valence electrons. The Morgan fingerprint density at radius 3 is 2.25 bits per heavy atom. The molecule has 24 heavy (non-hydrogen) atoms. The molecule has 0 unspecified atom stereocenters. The average molecular weight is 330 g/mol.